The third kappa shape index (κ3) is 4.27. The molecule has 0 aliphatic heterocycles. The summed E-state index contributed by atoms with van der Waals surface area (Å²) in [5.74, 6) is 0.141. The highest BCUT2D eigenvalue weighted by Gasteiger charge is 2.06. The van der Waals surface area contributed by atoms with E-state index in [1.165, 1.54) is 6.21 Å². The van der Waals surface area contributed by atoms with Crippen molar-refractivity contribution in [2.75, 3.05) is 6.54 Å². The van der Waals surface area contributed by atoms with Gasteiger partial charge < -0.3 is 5.11 Å². The first kappa shape index (κ1) is 16.4. The van der Waals surface area contributed by atoms with Crippen molar-refractivity contribution in [3.8, 4) is 5.75 Å². The van der Waals surface area contributed by atoms with Gasteiger partial charge in [0.1, 0.15) is 12.3 Å². The van der Waals surface area contributed by atoms with Gasteiger partial charge in [0.15, 0.2) is 5.78 Å². The number of ketones is 1. The van der Waals surface area contributed by atoms with Gasteiger partial charge in [-0.05, 0) is 52.8 Å². The Balaban J connectivity index is 2.06. The number of rotatable bonds is 6. The maximum absolute atomic E-state index is 12.0. The summed E-state index contributed by atoms with van der Waals surface area (Å²) in [5, 5.41) is 10.1. The summed E-state index contributed by atoms with van der Waals surface area (Å²) in [6.07, 6.45) is 3.86. The van der Waals surface area contributed by atoms with E-state index in [4.69, 9.17) is 0 Å². The van der Waals surface area contributed by atoms with Crippen LogP contribution in [-0.4, -0.2) is 23.6 Å². The molecule has 0 heterocycles. The van der Waals surface area contributed by atoms with Crippen molar-refractivity contribution in [3.05, 3.63) is 75.4 Å². The molecular formula is C18H16INO2. The van der Waals surface area contributed by atoms with E-state index >= 15 is 0 Å². The fourth-order valence-corrected chi connectivity index (χ4v) is 2.35. The SMILES string of the molecule is C=CCc1cccc(C=NCC(=O)c2ccc(I)cc2)c1O. The van der Waals surface area contributed by atoms with Gasteiger partial charge in [-0.3, -0.25) is 9.79 Å². The van der Waals surface area contributed by atoms with E-state index in [1.54, 1.807) is 24.3 Å². The number of benzene rings is 2. The first-order chi connectivity index (χ1) is 10.6. The number of hydrogen-bond acceptors (Lipinski definition) is 3. The third-order valence-electron chi connectivity index (χ3n) is 3.15. The molecular weight excluding hydrogens is 389 g/mol. The number of aliphatic imine (C=N–C) groups is 1. The number of phenolic OH excluding ortho intramolecular Hbond substituents is 1. The van der Waals surface area contributed by atoms with E-state index in [1.807, 2.05) is 24.3 Å². The molecule has 0 spiro atoms. The molecule has 3 nitrogen and oxygen atoms in total. The maximum atomic E-state index is 12.0. The molecule has 0 aromatic heterocycles. The van der Waals surface area contributed by atoms with Crippen LogP contribution in [-0.2, 0) is 6.42 Å². The topological polar surface area (TPSA) is 49.7 Å². The number of allylic oxidation sites excluding steroid dienone is 1. The normalized spacial score (nSPS) is 10.8. The molecule has 2 aromatic rings. The number of Topliss-reactive ketones (excluding diaryl/α,β-unsaturated/α-hetero) is 1. The van der Waals surface area contributed by atoms with Gasteiger partial charge in [-0.25, -0.2) is 0 Å². The lowest BCUT2D eigenvalue weighted by Gasteiger charge is -2.04. The predicted octanol–water partition coefficient (Wildman–Crippen LogP) is 4.03. The third-order valence-corrected chi connectivity index (χ3v) is 3.87. The van der Waals surface area contributed by atoms with E-state index in [0.29, 0.717) is 17.5 Å². The van der Waals surface area contributed by atoms with Crippen LogP contribution in [0.25, 0.3) is 0 Å². The summed E-state index contributed by atoms with van der Waals surface area (Å²) < 4.78 is 1.08. The van der Waals surface area contributed by atoms with Gasteiger partial charge in [0.05, 0.1) is 0 Å². The van der Waals surface area contributed by atoms with Gasteiger partial charge in [0.2, 0.25) is 0 Å². The Morgan fingerprint density at radius 1 is 1.23 bits per heavy atom. The van der Waals surface area contributed by atoms with Crippen molar-refractivity contribution in [3.63, 3.8) is 0 Å². The first-order valence-electron chi connectivity index (χ1n) is 6.82. The van der Waals surface area contributed by atoms with Crippen molar-refractivity contribution in [2.24, 2.45) is 4.99 Å². The quantitative estimate of drug-likeness (QED) is 0.342. The number of phenols is 1. The zero-order valence-electron chi connectivity index (χ0n) is 12.0. The molecule has 0 atom stereocenters. The number of para-hydroxylation sites is 1. The van der Waals surface area contributed by atoms with Crippen molar-refractivity contribution < 1.29 is 9.90 Å². The molecule has 112 valence electrons. The molecule has 0 bridgehead atoms. The summed E-state index contributed by atoms with van der Waals surface area (Å²) >= 11 is 2.19. The minimum Gasteiger partial charge on any atom is -0.507 e. The summed E-state index contributed by atoms with van der Waals surface area (Å²) in [6.45, 7) is 3.72. The smallest absolute Gasteiger partial charge is 0.184 e. The molecule has 0 fully saturated rings. The zero-order chi connectivity index (χ0) is 15.9. The van der Waals surface area contributed by atoms with Gasteiger partial charge in [-0.2, -0.15) is 0 Å². The summed E-state index contributed by atoms with van der Waals surface area (Å²) in [4.78, 5) is 16.1. The fourth-order valence-electron chi connectivity index (χ4n) is 1.99. The Morgan fingerprint density at radius 3 is 2.64 bits per heavy atom. The van der Waals surface area contributed by atoms with Crippen molar-refractivity contribution >= 4 is 34.6 Å². The molecule has 0 radical (unpaired) electrons. The van der Waals surface area contributed by atoms with Crippen LogP contribution in [0.3, 0.4) is 0 Å². The van der Waals surface area contributed by atoms with Gasteiger partial charge in [-0.15, -0.1) is 6.58 Å². The molecule has 0 aliphatic rings. The largest absolute Gasteiger partial charge is 0.507 e. The highest BCUT2D eigenvalue weighted by Crippen LogP contribution is 2.21. The maximum Gasteiger partial charge on any atom is 0.184 e. The second-order valence-electron chi connectivity index (χ2n) is 4.75. The second kappa shape index (κ2) is 7.89. The summed E-state index contributed by atoms with van der Waals surface area (Å²) in [7, 11) is 0. The Kier molecular flexibility index (Phi) is 5.89. The molecule has 2 rings (SSSR count). The lowest BCUT2D eigenvalue weighted by molar-refractivity contribution is 0.100. The Hall–Kier alpha value is -1.95. The van der Waals surface area contributed by atoms with E-state index in [2.05, 4.69) is 34.2 Å². The minimum absolute atomic E-state index is 0.0469. The summed E-state index contributed by atoms with van der Waals surface area (Å²) in [6, 6.07) is 12.8. The number of nitrogens with zero attached hydrogens (tertiary/aromatic N) is 1. The molecule has 0 unspecified atom stereocenters. The number of aromatic hydroxyl groups is 1. The van der Waals surface area contributed by atoms with Crippen LogP contribution in [0.1, 0.15) is 21.5 Å². The highest BCUT2D eigenvalue weighted by atomic mass is 127. The van der Waals surface area contributed by atoms with Crippen molar-refractivity contribution in [1.82, 2.24) is 0 Å². The van der Waals surface area contributed by atoms with E-state index < -0.39 is 0 Å². The molecule has 0 aliphatic carbocycles. The predicted molar refractivity (Wildman–Crippen MR) is 98.0 cm³/mol. The molecule has 0 saturated carbocycles. The first-order valence-corrected chi connectivity index (χ1v) is 7.90. The molecule has 0 amide bonds. The van der Waals surface area contributed by atoms with Crippen LogP contribution in [0.2, 0.25) is 0 Å². The molecule has 1 N–H and O–H groups in total. The number of halogens is 1. The van der Waals surface area contributed by atoms with Crippen LogP contribution >= 0.6 is 22.6 Å². The number of carbonyl (C=O) groups excluding carboxylic acids is 1. The molecule has 22 heavy (non-hydrogen) atoms. The lowest BCUT2D eigenvalue weighted by atomic mass is 10.1. The van der Waals surface area contributed by atoms with Crippen molar-refractivity contribution in [1.29, 1.82) is 0 Å². The average Bonchev–Trinajstić information content (AvgIpc) is 2.51. The van der Waals surface area contributed by atoms with Crippen LogP contribution in [0, 0.1) is 3.57 Å². The monoisotopic (exact) mass is 405 g/mol. The van der Waals surface area contributed by atoms with Gasteiger partial charge >= 0.3 is 0 Å². The number of hydrogen-bond donors (Lipinski definition) is 1. The standard InChI is InChI=1S/C18H16INO2/c1-2-4-14-5-3-6-15(18(14)22)11-20-12-17(21)13-7-9-16(19)10-8-13/h2-3,5-11,22H,1,4,12H2. The number of carbonyl (C=O) groups is 1. The van der Waals surface area contributed by atoms with E-state index in [-0.39, 0.29) is 18.1 Å². The van der Waals surface area contributed by atoms with Crippen LogP contribution in [0.15, 0.2) is 60.1 Å². The minimum atomic E-state index is -0.0469. The van der Waals surface area contributed by atoms with Crippen LogP contribution in [0.5, 0.6) is 5.75 Å². The second-order valence-corrected chi connectivity index (χ2v) is 5.99. The highest BCUT2D eigenvalue weighted by molar-refractivity contribution is 14.1. The van der Waals surface area contributed by atoms with E-state index in [0.717, 1.165) is 9.13 Å². The Bertz CT molecular complexity index is 706. The molecule has 4 heteroatoms. The van der Waals surface area contributed by atoms with Crippen molar-refractivity contribution in [2.45, 2.75) is 6.42 Å². The Labute approximate surface area is 143 Å². The fraction of sp³-hybridized carbons (Fsp3) is 0.111. The van der Waals surface area contributed by atoms with Gasteiger partial charge in [0.25, 0.3) is 0 Å². The van der Waals surface area contributed by atoms with Gasteiger partial charge in [-0.1, -0.05) is 30.3 Å². The van der Waals surface area contributed by atoms with Crippen LogP contribution < -0.4 is 0 Å². The molecule has 0 saturated heterocycles. The van der Waals surface area contributed by atoms with Gasteiger partial charge in [0, 0.05) is 20.9 Å². The lowest BCUT2D eigenvalue weighted by Crippen LogP contribution is -2.03. The van der Waals surface area contributed by atoms with E-state index in [9.17, 15) is 9.90 Å². The zero-order valence-corrected chi connectivity index (χ0v) is 14.2. The summed E-state index contributed by atoms with van der Waals surface area (Å²) in [5.41, 5.74) is 2.04. The Morgan fingerprint density at radius 2 is 1.95 bits per heavy atom. The van der Waals surface area contributed by atoms with Crippen LogP contribution in [0.4, 0.5) is 0 Å². The average molecular weight is 405 g/mol. The molecule has 2 aromatic carbocycles.